The van der Waals surface area contributed by atoms with Crippen molar-refractivity contribution < 1.29 is 14.3 Å². The van der Waals surface area contributed by atoms with Crippen molar-refractivity contribution in [2.75, 3.05) is 18.8 Å². The first-order chi connectivity index (χ1) is 15.3. The van der Waals surface area contributed by atoms with Gasteiger partial charge in [0.25, 0.3) is 0 Å². The number of nitrogens with two attached hydrogens (primary N) is 2. The lowest BCUT2D eigenvalue weighted by molar-refractivity contribution is -0.161. The van der Waals surface area contributed by atoms with Gasteiger partial charge in [-0.15, -0.1) is 0 Å². The number of hydrogen-bond acceptors (Lipinski definition) is 5. The highest BCUT2D eigenvalue weighted by Crippen LogP contribution is 2.60. The summed E-state index contributed by atoms with van der Waals surface area (Å²) in [4.78, 5) is 31.8. The molecule has 5 aliphatic rings. The van der Waals surface area contributed by atoms with Crippen LogP contribution in [0.2, 0.25) is 0 Å². The number of anilines is 1. The number of fused-ring (bicyclic) bond motifs is 1. The molecule has 4 saturated carbocycles. The highest BCUT2D eigenvalue weighted by atomic mass is 16.6. The normalized spacial score (nSPS) is 35.5. The fourth-order valence-electron chi connectivity index (χ4n) is 7.48. The Balaban J connectivity index is 1.16. The lowest BCUT2D eigenvalue weighted by atomic mass is 9.48. The number of primary amides is 1. The molecule has 2 aromatic rings. The van der Waals surface area contributed by atoms with E-state index in [9.17, 15) is 9.59 Å². The van der Waals surface area contributed by atoms with Crippen LogP contribution in [0.25, 0.3) is 11.0 Å². The number of carbonyl (C=O) groups excluding carboxylic acids is 2. The second-order valence-electron chi connectivity index (χ2n) is 10.6. The predicted octanol–water partition coefficient (Wildman–Crippen LogP) is 2.99. The number of carbonyl (C=O) groups is 2. The van der Waals surface area contributed by atoms with Gasteiger partial charge in [-0.1, -0.05) is 0 Å². The standard InChI is InChI=1S/C24H31N5O3/c1-13-27-19-8-17(25)2-3-20(19)29(13)18-4-5-28(12-18)23(31)32-21-15-6-14-7-16(21)11-24(9-14,10-15)22(26)30/h2-3,8,14-16,18,21H,4-7,9-12,25H2,1H3,(H2,26,30)/t14?,15?,16?,18-,21?,24?/m0/s1. The number of aromatic nitrogens is 2. The molecule has 0 radical (unpaired) electrons. The molecule has 1 aliphatic heterocycles. The fourth-order valence-corrected chi connectivity index (χ4v) is 7.48. The van der Waals surface area contributed by atoms with E-state index in [1.165, 1.54) is 0 Å². The Hall–Kier alpha value is -2.77. The minimum Gasteiger partial charge on any atom is -0.446 e. The molecule has 2 amide bonds. The van der Waals surface area contributed by atoms with Gasteiger partial charge in [0.2, 0.25) is 5.91 Å². The molecule has 3 atom stereocenters. The van der Waals surface area contributed by atoms with Crippen molar-refractivity contribution in [2.45, 2.75) is 57.6 Å². The molecule has 4 bridgehead atoms. The number of likely N-dealkylation sites (tertiary alicyclic amines) is 1. The van der Waals surface area contributed by atoms with Gasteiger partial charge in [-0.2, -0.15) is 0 Å². The van der Waals surface area contributed by atoms with Crippen LogP contribution < -0.4 is 11.5 Å². The monoisotopic (exact) mass is 437 g/mol. The molecule has 4 N–H and O–H groups in total. The first-order valence-electron chi connectivity index (χ1n) is 11.8. The molecular formula is C24H31N5O3. The smallest absolute Gasteiger partial charge is 0.410 e. The van der Waals surface area contributed by atoms with E-state index < -0.39 is 0 Å². The molecule has 2 unspecified atom stereocenters. The highest BCUT2D eigenvalue weighted by Gasteiger charge is 2.59. The number of imidazole rings is 1. The Labute approximate surface area is 187 Å². The van der Waals surface area contributed by atoms with Crippen molar-refractivity contribution in [1.82, 2.24) is 14.5 Å². The van der Waals surface area contributed by atoms with Crippen molar-refractivity contribution in [3.05, 3.63) is 24.0 Å². The number of aryl methyl sites for hydroxylation is 1. The average molecular weight is 438 g/mol. The van der Waals surface area contributed by atoms with Gasteiger partial charge in [0.1, 0.15) is 11.9 Å². The molecule has 0 spiro atoms. The predicted molar refractivity (Wildman–Crippen MR) is 120 cm³/mol. The first kappa shape index (κ1) is 19.9. The van der Waals surface area contributed by atoms with E-state index in [4.69, 9.17) is 16.2 Å². The van der Waals surface area contributed by atoms with Crippen LogP contribution in [-0.4, -0.2) is 45.6 Å². The van der Waals surface area contributed by atoms with Crippen LogP contribution in [0.5, 0.6) is 0 Å². The number of ether oxygens (including phenoxy) is 1. The lowest BCUT2D eigenvalue weighted by Crippen LogP contribution is -2.59. The summed E-state index contributed by atoms with van der Waals surface area (Å²) in [6.07, 6.45) is 5.15. The zero-order valence-corrected chi connectivity index (χ0v) is 18.5. The van der Waals surface area contributed by atoms with Gasteiger partial charge < -0.3 is 25.7 Å². The van der Waals surface area contributed by atoms with Crippen LogP contribution in [0, 0.1) is 30.1 Å². The number of nitrogens with zero attached hydrogens (tertiary/aromatic N) is 3. The Bertz CT molecular complexity index is 1090. The molecule has 7 rings (SSSR count). The maximum absolute atomic E-state index is 13.1. The lowest BCUT2D eigenvalue weighted by Gasteiger charge is -2.58. The summed E-state index contributed by atoms with van der Waals surface area (Å²) >= 11 is 0. The Morgan fingerprint density at radius 1 is 1.19 bits per heavy atom. The fraction of sp³-hybridized carbons (Fsp3) is 0.625. The van der Waals surface area contributed by atoms with Crippen LogP contribution in [0.4, 0.5) is 10.5 Å². The molecule has 1 aromatic carbocycles. The van der Waals surface area contributed by atoms with Crippen LogP contribution in [0.15, 0.2) is 18.2 Å². The van der Waals surface area contributed by atoms with Crippen molar-refractivity contribution in [3.63, 3.8) is 0 Å². The van der Waals surface area contributed by atoms with E-state index >= 15 is 0 Å². The van der Waals surface area contributed by atoms with Gasteiger partial charge in [-0.05, 0) is 81.4 Å². The average Bonchev–Trinajstić information content (AvgIpc) is 3.33. The Morgan fingerprint density at radius 3 is 2.66 bits per heavy atom. The third kappa shape index (κ3) is 2.91. The second kappa shape index (κ2) is 6.86. The van der Waals surface area contributed by atoms with E-state index in [1.54, 1.807) is 0 Å². The molecule has 170 valence electrons. The van der Waals surface area contributed by atoms with Crippen LogP contribution >= 0.6 is 0 Å². The maximum atomic E-state index is 13.1. The zero-order chi connectivity index (χ0) is 22.2. The van der Waals surface area contributed by atoms with E-state index in [2.05, 4.69) is 9.55 Å². The molecule has 32 heavy (non-hydrogen) atoms. The first-order valence-corrected chi connectivity index (χ1v) is 11.8. The minimum atomic E-state index is -0.360. The van der Waals surface area contributed by atoms with Crippen molar-refractivity contribution >= 4 is 28.7 Å². The summed E-state index contributed by atoms with van der Waals surface area (Å²) in [7, 11) is 0. The molecule has 1 saturated heterocycles. The molecular weight excluding hydrogens is 406 g/mol. The zero-order valence-electron chi connectivity index (χ0n) is 18.5. The summed E-state index contributed by atoms with van der Waals surface area (Å²) in [5.74, 6) is 1.86. The van der Waals surface area contributed by atoms with E-state index in [1.807, 2.05) is 30.0 Å². The topological polar surface area (TPSA) is 116 Å². The number of nitrogen functional groups attached to an aromatic ring is 1. The van der Waals surface area contributed by atoms with E-state index in [0.29, 0.717) is 24.7 Å². The summed E-state index contributed by atoms with van der Waals surface area (Å²) < 4.78 is 8.35. The molecule has 1 aromatic heterocycles. The third-order valence-electron chi connectivity index (χ3n) is 8.62. The van der Waals surface area contributed by atoms with Crippen LogP contribution in [-0.2, 0) is 9.53 Å². The molecule has 4 aliphatic carbocycles. The molecule has 8 nitrogen and oxygen atoms in total. The van der Waals surface area contributed by atoms with Gasteiger partial charge in [-0.3, -0.25) is 4.79 Å². The van der Waals surface area contributed by atoms with Gasteiger partial charge >= 0.3 is 6.09 Å². The SMILES string of the molecule is Cc1nc2cc(N)ccc2n1[C@H]1CCN(C(=O)OC2C3CC4CC2CC(C(N)=O)(C4)C3)C1. The summed E-state index contributed by atoms with van der Waals surface area (Å²) in [6, 6.07) is 5.97. The van der Waals surface area contributed by atoms with E-state index in [0.717, 1.165) is 55.4 Å². The van der Waals surface area contributed by atoms with Crippen LogP contribution in [0.3, 0.4) is 0 Å². The number of amides is 2. The Kier molecular flexibility index (Phi) is 4.26. The van der Waals surface area contributed by atoms with Crippen molar-refractivity contribution in [2.24, 2.45) is 28.9 Å². The number of hydrogen-bond donors (Lipinski definition) is 2. The third-order valence-corrected chi connectivity index (χ3v) is 8.62. The highest BCUT2D eigenvalue weighted by molar-refractivity contribution is 5.81. The molecule has 5 fully saturated rings. The van der Waals surface area contributed by atoms with E-state index in [-0.39, 0.29) is 41.4 Å². The number of rotatable bonds is 3. The molecule has 2 heterocycles. The summed E-state index contributed by atoms with van der Waals surface area (Å²) in [5.41, 5.74) is 14.0. The maximum Gasteiger partial charge on any atom is 0.410 e. The second-order valence-corrected chi connectivity index (χ2v) is 10.6. The van der Waals surface area contributed by atoms with Crippen LogP contribution in [0.1, 0.15) is 50.4 Å². The largest absolute Gasteiger partial charge is 0.446 e. The summed E-state index contributed by atoms with van der Waals surface area (Å²) in [5, 5.41) is 0. The number of benzene rings is 1. The summed E-state index contributed by atoms with van der Waals surface area (Å²) in [6.45, 7) is 3.29. The van der Waals surface area contributed by atoms with Gasteiger partial charge in [0, 0.05) is 18.8 Å². The quantitative estimate of drug-likeness (QED) is 0.716. The van der Waals surface area contributed by atoms with Gasteiger partial charge in [-0.25, -0.2) is 9.78 Å². The molecule has 8 heteroatoms. The van der Waals surface area contributed by atoms with Crippen molar-refractivity contribution in [3.8, 4) is 0 Å². The van der Waals surface area contributed by atoms with Gasteiger partial charge in [0.15, 0.2) is 0 Å². The minimum absolute atomic E-state index is 0.0793. The Morgan fingerprint density at radius 2 is 1.94 bits per heavy atom. The van der Waals surface area contributed by atoms with Crippen molar-refractivity contribution in [1.29, 1.82) is 0 Å². The van der Waals surface area contributed by atoms with Gasteiger partial charge in [0.05, 0.1) is 22.5 Å².